The Labute approximate surface area is 180 Å². The second-order valence-corrected chi connectivity index (χ2v) is 6.53. The van der Waals surface area contributed by atoms with Gasteiger partial charge >= 0.3 is 0 Å². The Morgan fingerprint density at radius 1 is 1.22 bits per heavy atom. The van der Waals surface area contributed by atoms with Crippen LogP contribution < -0.4 is 15.6 Å². The summed E-state index contributed by atoms with van der Waals surface area (Å²) in [5.41, 5.74) is -0.873. The molecule has 0 bridgehead atoms. The van der Waals surface area contributed by atoms with E-state index in [1.807, 2.05) is 0 Å². The molecule has 1 amide bonds. The molecule has 158 valence electrons. The highest BCUT2D eigenvalue weighted by atomic mass is 19.1. The van der Waals surface area contributed by atoms with Crippen LogP contribution in [0.3, 0.4) is 0 Å². The first-order valence-corrected chi connectivity index (χ1v) is 9.43. The third kappa shape index (κ3) is 4.24. The molecule has 0 aliphatic rings. The largest absolute Gasteiger partial charge is 0.467 e. The van der Waals surface area contributed by atoms with Gasteiger partial charge in [-0.15, -0.1) is 0 Å². The molecule has 3 heterocycles. The number of hydrogen-bond donors (Lipinski definition) is 1. The highest BCUT2D eigenvalue weighted by molar-refractivity contribution is 6.01. The zero-order chi connectivity index (χ0) is 22.5. The molecule has 4 rings (SSSR count). The van der Waals surface area contributed by atoms with Gasteiger partial charge in [0, 0.05) is 6.20 Å². The number of furan rings is 1. The fraction of sp³-hybridized carbons (Fsp3) is 0.0435. The summed E-state index contributed by atoms with van der Waals surface area (Å²) in [5.74, 6) is -1.29. The summed E-state index contributed by atoms with van der Waals surface area (Å²) in [5, 5.41) is 12.0. The van der Waals surface area contributed by atoms with E-state index in [4.69, 9.17) is 9.15 Å². The highest BCUT2D eigenvalue weighted by Gasteiger charge is 2.18. The third-order valence-electron chi connectivity index (χ3n) is 4.43. The molecular weight excluding hydrogens is 415 g/mol. The zero-order valence-electron chi connectivity index (χ0n) is 16.5. The van der Waals surface area contributed by atoms with Crippen molar-refractivity contribution >= 4 is 17.6 Å². The molecular formula is C23H15FN4O4. The van der Waals surface area contributed by atoms with E-state index in [9.17, 15) is 19.2 Å². The first kappa shape index (κ1) is 20.6. The Morgan fingerprint density at radius 3 is 2.78 bits per heavy atom. The number of carbonyl (C=O) groups excluding carboxylic acids is 1. The number of nitrogens with one attached hydrogen (secondary N) is 1. The molecule has 0 aliphatic heterocycles. The lowest BCUT2D eigenvalue weighted by atomic mass is 10.1. The van der Waals surface area contributed by atoms with Crippen LogP contribution in [0.1, 0.15) is 11.3 Å². The van der Waals surface area contributed by atoms with Gasteiger partial charge in [0.15, 0.2) is 11.6 Å². The lowest BCUT2D eigenvalue weighted by molar-refractivity contribution is -0.117. The van der Waals surface area contributed by atoms with E-state index in [2.05, 4.69) is 10.3 Å². The molecule has 0 saturated heterocycles. The summed E-state index contributed by atoms with van der Waals surface area (Å²) in [6.07, 6.45) is 4.01. The van der Waals surface area contributed by atoms with Gasteiger partial charge in [0.2, 0.25) is 5.88 Å². The number of ether oxygens (including phenoxy) is 1. The van der Waals surface area contributed by atoms with Crippen LogP contribution in [0.25, 0.3) is 11.7 Å². The van der Waals surface area contributed by atoms with Crippen LogP contribution in [0.2, 0.25) is 0 Å². The van der Waals surface area contributed by atoms with Crippen LogP contribution in [0.15, 0.2) is 81.8 Å². The normalized spacial score (nSPS) is 11.2. The number of pyridine rings is 1. The lowest BCUT2D eigenvalue weighted by Crippen LogP contribution is -2.24. The molecule has 0 saturated carbocycles. The number of hydrogen-bond acceptors (Lipinski definition) is 6. The highest BCUT2D eigenvalue weighted by Crippen LogP contribution is 2.26. The number of aromatic nitrogens is 2. The van der Waals surface area contributed by atoms with Crippen LogP contribution in [0.4, 0.5) is 4.39 Å². The van der Waals surface area contributed by atoms with Gasteiger partial charge in [-0.25, -0.2) is 4.39 Å². The van der Waals surface area contributed by atoms with Gasteiger partial charge in [-0.1, -0.05) is 18.2 Å². The minimum absolute atomic E-state index is 0.0540. The number of nitrogens with zero attached hydrogens (tertiary/aromatic N) is 3. The first-order valence-electron chi connectivity index (χ1n) is 9.43. The molecule has 8 nitrogen and oxygen atoms in total. The number of para-hydroxylation sites is 1. The Morgan fingerprint density at radius 2 is 2.03 bits per heavy atom. The van der Waals surface area contributed by atoms with Gasteiger partial charge < -0.3 is 14.5 Å². The summed E-state index contributed by atoms with van der Waals surface area (Å²) < 4.78 is 26.1. The number of benzene rings is 1. The van der Waals surface area contributed by atoms with Crippen molar-refractivity contribution in [3.8, 4) is 17.7 Å². The summed E-state index contributed by atoms with van der Waals surface area (Å²) in [6.45, 7) is 0.0540. The molecule has 0 aliphatic carbocycles. The van der Waals surface area contributed by atoms with E-state index in [1.54, 1.807) is 42.5 Å². The fourth-order valence-corrected chi connectivity index (χ4v) is 2.88. The molecule has 0 atom stereocenters. The van der Waals surface area contributed by atoms with E-state index in [0.29, 0.717) is 5.76 Å². The van der Waals surface area contributed by atoms with Crippen molar-refractivity contribution in [2.75, 3.05) is 0 Å². The molecule has 4 aromatic rings. The Kier molecular flexibility index (Phi) is 5.76. The summed E-state index contributed by atoms with van der Waals surface area (Å²) in [4.78, 5) is 29.9. The van der Waals surface area contributed by atoms with E-state index in [1.165, 1.54) is 35.1 Å². The maximum atomic E-state index is 14.1. The number of halogens is 1. The second kappa shape index (κ2) is 8.97. The van der Waals surface area contributed by atoms with Crippen molar-refractivity contribution in [3.05, 3.63) is 100 Å². The van der Waals surface area contributed by atoms with Crippen LogP contribution >= 0.6 is 0 Å². The monoisotopic (exact) mass is 430 g/mol. The smallest absolute Gasteiger partial charge is 0.269 e. The number of amides is 1. The predicted octanol–water partition coefficient (Wildman–Crippen LogP) is 3.44. The van der Waals surface area contributed by atoms with Gasteiger partial charge in [0.05, 0.1) is 12.8 Å². The molecule has 1 N–H and O–H groups in total. The SMILES string of the molecule is N#CC(=Cc1c(Oc2ccccc2F)nc2ccccn2c1=O)C(=O)NCc1ccco1. The van der Waals surface area contributed by atoms with Gasteiger partial charge in [-0.2, -0.15) is 10.2 Å². The average Bonchev–Trinajstić information content (AvgIpc) is 3.33. The van der Waals surface area contributed by atoms with E-state index >= 15 is 0 Å². The van der Waals surface area contributed by atoms with Crippen molar-refractivity contribution < 1.29 is 18.3 Å². The van der Waals surface area contributed by atoms with Crippen LogP contribution in [0.5, 0.6) is 11.6 Å². The number of fused-ring (bicyclic) bond motifs is 1. The minimum atomic E-state index is -0.724. The van der Waals surface area contributed by atoms with Gasteiger partial charge in [0.25, 0.3) is 11.5 Å². The molecule has 9 heteroatoms. The molecule has 0 unspecified atom stereocenters. The zero-order valence-corrected chi connectivity index (χ0v) is 16.5. The lowest BCUT2D eigenvalue weighted by Gasteiger charge is -2.11. The van der Waals surface area contributed by atoms with Crippen LogP contribution in [0, 0.1) is 17.1 Å². The van der Waals surface area contributed by atoms with E-state index in [0.717, 1.165) is 6.08 Å². The molecule has 0 radical (unpaired) electrons. The van der Waals surface area contributed by atoms with Crippen molar-refractivity contribution in [1.82, 2.24) is 14.7 Å². The molecule has 0 spiro atoms. The van der Waals surface area contributed by atoms with Crippen LogP contribution in [-0.2, 0) is 11.3 Å². The Bertz CT molecular complexity index is 1420. The van der Waals surface area contributed by atoms with Crippen molar-refractivity contribution in [2.24, 2.45) is 0 Å². The van der Waals surface area contributed by atoms with Crippen molar-refractivity contribution in [1.29, 1.82) is 5.26 Å². The molecule has 0 fully saturated rings. The summed E-state index contributed by atoms with van der Waals surface area (Å²) in [7, 11) is 0. The van der Waals surface area contributed by atoms with E-state index < -0.39 is 17.3 Å². The number of nitriles is 1. The van der Waals surface area contributed by atoms with Crippen molar-refractivity contribution in [2.45, 2.75) is 6.54 Å². The standard InChI is InChI=1S/C23H15FN4O4/c24-18-7-1-2-8-19(18)32-22-17(23(30)28-10-4-3-9-20(28)27-22)12-15(13-25)21(29)26-14-16-6-5-11-31-16/h1-12H,14H2,(H,26,29). The quantitative estimate of drug-likeness (QED) is 0.371. The predicted molar refractivity (Wildman–Crippen MR) is 112 cm³/mol. The maximum Gasteiger partial charge on any atom is 0.269 e. The second-order valence-electron chi connectivity index (χ2n) is 6.53. The maximum absolute atomic E-state index is 14.1. The fourth-order valence-electron chi connectivity index (χ4n) is 2.88. The third-order valence-corrected chi connectivity index (χ3v) is 4.43. The molecule has 32 heavy (non-hydrogen) atoms. The first-order chi connectivity index (χ1) is 15.6. The minimum Gasteiger partial charge on any atom is -0.467 e. The summed E-state index contributed by atoms with van der Waals surface area (Å²) in [6, 6.07) is 15.6. The Hall–Kier alpha value is -4.71. The Balaban J connectivity index is 1.77. The van der Waals surface area contributed by atoms with E-state index in [-0.39, 0.29) is 35.0 Å². The van der Waals surface area contributed by atoms with Gasteiger partial charge in [-0.3, -0.25) is 14.0 Å². The van der Waals surface area contributed by atoms with Gasteiger partial charge in [0.1, 0.15) is 28.6 Å². The average molecular weight is 430 g/mol. The molecule has 1 aromatic carbocycles. The number of rotatable bonds is 6. The molecule has 3 aromatic heterocycles. The topological polar surface area (TPSA) is 110 Å². The number of carbonyl (C=O) groups is 1. The van der Waals surface area contributed by atoms with Crippen molar-refractivity contribution in [3.63, 3.8) is 0 Å². The van der Waals surface area contributed by atoms with Crippen LogP contribution in [-0.4, -0.2) is 15.3 Å². The summed E-state index contributed by atoms with van der Waals surface area (Å²) >= 11 is 0. The van der Waals surface area contributed by atoms with Gasteiger partial charge in [-0.05, 0) is 42.5 Å².